The van der Waals surface area contributed by atoms with E-state index in [4.69, 9.17) is 39.5 Å². The number of benzene rings is 1. The minimum Gasteiger partial charge on any atom is -0.421 e. The van der Waals surface area contributed by atoms with E-state index in [-0.39, 0.29) is 0 Å². The van der Waals surface area contributed by atoms with Crippen LogP contribution in [0.2, 0.25) is 0 Å². The molecule has 1 rings (SSSR count). The zero-order valence-electron chi connectivity index (χ0n) is 9.82. The van der Waals surface area contributed by atoms with Crippen LogP contribution < -0.4 is 10.6 Å². The normalized spacial score (nSPS) is 12.4. The number of carbonyl (C=O) groups is 2. The molecule has 0 saturated heterocycles. The van der Waals surface area contributed by atoms with Gasteiger partial charge in [-0.3, -0.25) is 4.79 Å². The van der Waals surface area contributed by atoms with Crippen LogP contribution >= 0.6 is 34.8 Å². The molecule has 0 heterocycles. The van der Waals surface area contributed by atoms with E-state index in [9.17, 15) is 9.59 Å². The molecule has 104 valence electrons. The summed E-state index contributed by atoms with van der Waals surface area (Å²) < 4.78 is 2.79. The first-order valence-electron chi connectivity index (χ1n) is 5.15. The van der Waals surface area contributed by atoms with Gasteiger partial charge in [0.1, 0.15) is 0 Å². The van der Waals surface area contributed by atoms with Crippen LogP contribution in [0.4, 0.5) is 4.79 Å². The molecule has 0 radical (unpaired) electrons. The second-order valence-electron chi connectivity index (χ2n) is 3.42. The number of nitrogens with one attached hydrogen (secondary N) is 2. The maximum Gasteiger partial charge on any atom is 0.408 e. The van der Waals surface area contributed by atoms with Crippen molar-refractivity contribution in [2.75, 3.05) is 7.05 Å². The van der Waals surface area contributed by atoms with Crippen molar-refractivity contribution in [2.24, 2.45) is 0 Å². The lowest BCUT2D eigenvalue weighted by Crippen LogP contribution is -2.48. The third kappa shape index (κ3) is 5.14. The van der Waals surface area contributed by atoms with Crippen molar-refractivity contribution < 1.29 is 14.3 Å². The zero-order valence-corrected chi connectivity index (χ0v) is 12.1. The molecule has 1 aromatic carbocycles. The lowest BCUT2D eigenvalue weighted by Gasteiger charge is -2.24. The number of alkyl halides is 3. The lowest BCUT2D eigenvalue weighted by molar-refractivity contribution is 0.0652. The fourth-order valence-corrected chi connectivity index (χ4v) is 1.43. The number of alkyl carbamates (subject to hydrolysis) is 1. The highest BCUT2D eigenvalue weighted by Gasteiger charge is 2.37. The van der Waals surface area contributed by atoms with E-state index in [0.717, 1.165) is 0 Å². The summed E-state index contributed by atoms with van der Waals surface area (Å²) in [6.45, 7) is 0. The lowest BCUT2D eigenvalue weighted by atomic mass is 10.2. The van der Waals surface area contributed by atoms with E-state index >= 15 is 0 Å². The third-order valence-corrected chi connectivity index (χ3v) is 2.62. The Morgan fingerprint density at radius 1 is 1.21 bits per heavy atom. The summed E-state index contributed by atoms with van der Waals surface area (Å²) in [4.78, 5) is 23.0. The number of hydrogen-bond acceptors (Lipinski definition) is 3. The molecule has 0 bridgehead atoms. The van der Waals surface area contributed by atoms with E-state index in [0.29, 0.717) is 5.56 Å². The van der Waals surface area contributed by atoms with Crippen LogP contribution in [0.3, 0.4) is 0 Å². The molecule has 19 heavy (non-hydrogen) atoms. The number of rotatable bonds is 3. The monoisotopic (exact) mass is 324 g/mol. The fraction of sp³-hybridized carbons (Fsp3) is 0.273. The van der Waals surface area contributed by atoms with E-state index in [1.807, 2.05) is 0 Å². The highest BCUT2D eigenvalue weighted by atomic mass is 35.6. The van der Waals surface area contributed by atoms with Gasteiger partial charge < -0.3 is 15.4 Å². The minimum absolute atomic E-state index is 0.349. The number of halogens is 3. The third-order valence-electron chi connectivity index (χ3n) is 2.02. The molecule has 0 aliphatic heterocycles. The smallest absolute Gasteiger partial charge is 0.408 e. The van der Waals surface area contributed by atoms with Crippen molar-refractivity contribution in [2.45, 2.75) is 10.0 Å². The molecule has 0 aliphatic rings. The number of amides is 2. The van der Waals surface area contributed by atoms with Crippen LogP contribution in [0.5, 0.6) is 0 Å². The van der Waals surface area contributed by atoms with Gasteiger partial charge in [0.25, 0.3) is 5.91 Å². The van der Waals surface area contributed by atoms with Gasteiger partial charge in [-0.15, -0.1) is 0 Å². The van der Waals surface area contributed by atoms with Gasteiger partial charge in [-0.2, -0.15) is 0 Å². The number of carbonyl (C=O) groups excluding carboxylic acids is 2. The largest absolute Gasteiger partial charge is 0.421 e. The summed E-state index contributed by atoms with van der Waals surface area (Å²) in [6.07, 6.45) is -2.24. The van der Waals surface area contributed by atoms with Crippen molar-refractivity contribution in [1.82, 2.24) is 10.6 Å². The van der Waals surface area contributed by atoms with Gasteiger partial charge in [0.2, 0.25) is 10.0 Å². The molecule has 1 unspecified atom stereocenters. The maximum absolute atomic E-state index is 11.9. The van der Waals surface area contributed by atoms with Gasteiger partial charge in [0.05, 0.1) is 0 Å². The molecule has 5 nitrogen and oxygen atoms in total. The Kier molecular flexibility index (Phi) is 5.72. The van der Waals surface area contributed by atoms with E-state index in [1.54, 1.807) is 30.3 Å². The Balaban J connectivity index is 2.78. The predicted molar refractivity (Wildman–Crippen MR) is 73.5 cm³/mol. The zero-order chi connectivity index (χ0) is 14.5. The van der Waals surface area contributed by atoms with Crippen molar-refractivity contribution in [3.63, 3.8) is 0 Å². The molecule has 0 aliphatic carbocycles. The second-order valence-corrected chi connectivity index (χ2v) is 5.79. The van der Waals surface area contributed by atoms with E-state index in [2.05, 4.69) is 10.6 Å². The number of ether oxygens (including phenoxy) is 1. The summed E-state index contributed by atoms with van der Waals surface area (Å²) in [5.41, 5.74) is 0.349. The Morgan fingerprint density at radius 2 is 1.79 bits per heavy atom. The second kappa shape index (κ2) is 6.84. The van der Waals surface area contributed by atoms with Gasteiger partial charge in [0, 0.05) is 12.6 Å². The topological polar surface area (TPSA) is 67.4 Å². The molecular weight excluding hydrogens is 314 g/mol. The average molecular weight is 326 g/mol. The Hall–Kier alpha value is -1.17. The van der Waals surface area contributed by atoms with Crippen molar-refractivity contribution in [3.05, 3.63) is 35.9 Å². The predicted octanol–water partition coefficient (Wildman–Crippen LogP) is 2.47. The van der Waals surface area contributed by atoms with Crippen LogP contribution in [-0.2, 0) is 4.74 Å². The van der Waals surface area contributed by atoms with Gasteiger partial charge in [-0.05, 0) is 12.1 Å². The van der Waals surface area contributed by atoms with Crippen LogP contribution in [0.1, 0.15) is 10.4 Å². The van der Waals surface area contributed by atoms with Crippen LogP contribution in [0.25, 0.3) is 0 Å². The Labute approximate surface area is 125 Å². The van der Waals surface area contributed by atoms with E-state index < -0.39 is 22.0 Å². The molecular formula is C11H11Cl3N2O3. The summed E-state index contributed by atoms with van der Waals surface area (Å²) in [6, 6.07) is 8.26. The first-order valence-corrected chi connectivity index (χ1v) is 6.29. The molecule has 0 fully saturated rings. The first kappa shape index (κ1) is 15.9. The van der Waals surface area contributed by atoms with E-state index in [1.165, 1.54) is 7.05 Å². The molecule has 2 amide bonds. The van der Waals surface area contributed by atoms with Crippen LogP contribution in [-0.4, -0.2) is 29.1 Å². The Bertz CT molecular complexity index is 448. The fourth-order valence-electron chi connectivity index (χ4n) is 1.14. The highest BCUT2D eigenvalue weighted by molar-refractivity contribution is 6.68. The highest BCUT2D eigenvalue weighted by Crippen LogP contribution is 2.31. The molecule has 1 atom stereocenters. The van der Waals surface area contributed by atoms with Crippen LogP contribution in [0.15, 0.2) is 30.3 Å². The summed E-state index contributed by atoms with van der Waals surface area (Å²) >= 11 is 16.9. The summed E-state index contributed by atoms with van der Waals surface area (Å²) in [5.74, 6) is -0.527. The minimum atomic E-state index is -1.99. The van der Waals surface area contributed by atoms with Crippen LogP contribution in [0, 0.1) is 0 Å². The van der Waals surface area contributed by atoms with Gasteiger partial charge in [0.15, 0.2) is 0 Å². The molecule has 0 saturated carbocycles. The first-order chi connectivity index (χ1) is 8.84. The summed E-state index contributed by atoms with van der Waals surface area (Å²) in [7, 11) is 1.34. The number of hydrogen-bond donors (Lipinski definition) is 2. The standard InChI is InChI=1S/C11H11Cl3N2O3/c1-15-10(18)19-9(11(12,13)14)16-8(17)7-5-3-2-4-6-7/h2-6,9H,1H3,(H,15,18)(H,16,17). The quantitative estimate of drug-likeness (QED) is 0.662. The molecule has 0 spiro atoms. The van der Waals surface area contributed by atoms with Crippen molar-refractivity contribution in [1.29, 1.82) is 0 Å². The van der Waals surface area contributed by atoms with Gasteiger partial charge >= 0.3 is 6.09 Å². The Morgan fingerprint density at radius 3 is 2.26 bits per heavy atom. The van der Waals surface area contributed by atoms with Crippen molar-refractivity contribution in [3.8, 4) is 0 Å². The SMILES string of the molecule is CNC(=O)OC(NC(=O)c1ccccc1)C(Cl)(Cl)Cl. The molecule has 8 heteroatoms. The maximum atomic E-state index is 11.9. The molecule has 0 aromatic heterocycles. The molecule has 1 aromatic rings. The van der Waals surface area contributed by atoms with Crippen molar-refractivity contribution >= 4 is 46.8 Å². The van der Waals surface area contributed by atoms with Gasteiger partial charge in [-0.25, -0.2) is 4.79 Å². The van der Waals surface area contributed by atoms with Gasteiger partial charge in [-0.1, -0.05) is 53.0 Å². The molecule has 2 N–H and O–H groups in total. The summed E-state index contributed by atoms with van der Waals surface area (Å²) in [5, 5.41) is 4.51. The average Bonchev–Trinajstić information content (AvgIpc) is 2.37.